The molecule has 1 rings (SSSR count). The fraction of sp³-hybridized carbons (Fsp3) is 0.643. The number of unbranched alkanes of at least 4 members (excludes halogenated alkanes) is 3. The third-order valence-corrected chi connectivity index (χ3v) is 2.75. The number of hydrogen-bond acceptors (Lipinski definition) is 3. The normalized spacial score (nSPS) is 12.4. The van der Waals surface area contributed by atoms with Crippen LogP contribution in [-0.2, 0) is 6.61 Å². The van der Waals surface area contributed by atoms with Crippen molar-refractivity contribution < 1.29 is 9.84 Å². The summed E-state index contributed by atoms with van der Waals surface area (Å²) in [5, 5.41) is 8.98. The first-order valence-electron chi connectivity index (χ1n) is 6.48. The third-order valence-electron chi connectivity index (χ3n) is 2.75. The van der Waals surface area contributed by atoms with Crippen LogP contribution in [0, 0.1) is 0 Å². The Hall–Kier alpha value is -1.09. The van der Waals surface area contributed by atoms with E-state index >= 15 is 0 Å². The highest BCUT2D eigenvalue weighted by Gasteiger charge is 2.04. The Morgan fingerprint density at radius 2 is 2.18 bits per heavy atom. The van der Waals surface area contributed by atoms with Gasteiger partial charge in [-0.15, -0.1) is 0 Å². The van der Waals surface area contributed by atoms with Crippen LogP contribution in [0.3, 0.4) is 0 Å². The number of ether oxygens (including phenoxy) is 1. The van der Waals surface area contributed by atoms with Crippen LogP contribution in [0.15, 0.2) is 18.3 Å². The largest absolute Gasteiger partial charge is 0.491 e. The molecule has 0 bridgehead atoms. The highest BCUT2D eigenvalue weighted by molar-refractivity contribution is 5.22. The van der Waals surface area contributed by atoms with Crippen LogP contribution >= 0.6 is 0 Å². The van der Waals surface area contributed by atoms with E-state index in [1.807, 2.05) is 6.07 Å². The Kier molecular flexibility index (Phi) is 6.63. The van der Waals surface area contributed by atoms with Crippen LogP contribution in [0.25, 0.3) is 0 Å². The highest BCUT2D eigenvalue weighted by Crippen LogP contribution is 2.15. The topological polar surface area (TPSA) is 42.4 Å². The van der Waals surface area contributed by atoms with Gasteiger partial charge in [-0.3, -0.25) is 4.98 Å². The number of aromatic nitrogens is 1. The average Bonchev–Trinajstić information content (AvgIpc) is 2.35. The van der Waals surface area contributed by atoms with E-state index in [4.69, 9.17) is 9.84 Å². The van der Waals surface area contributed by atoms with E-state index in [1.165, 1.54) is 25.7 Å². The van der Waals surface area contributed by atoms with Crippen LogP contribution < -0.4 is 4.74 Å². The van der Waals surface area contributed by atoms with E-state index in [0.717, 1.165) is 12.2 Å². The summed E-state index contributed by atoms with van der Waals surface area (Å²) in [6.07, 6.45) is 8.04. The van der Waals surface area contributed by atoms with Crippen molar-refractivity contribution in [3.63, 3.8) is 0 Å². The lowest BCUT2D eigenvalue weighted by Gasteiger charge is -2.14. The zero-order chi connectivity index (χ0) is 12.5. The summed E-state index contributed by atoms with van der Waals surface area (Å²) in [5.41, 5.74) is 0.653. The molecular weight excluding hydrogens is 214 g/mol. The molecule has 3 nitrogen and oxygen atoms in total. The standard InChI is InChI=1S/C14H23NO2/c1-3-4-5-6-7-12(2)17-14-8-9-15-13(10-14)11-16/h8-10,12,16H,3-7,11H2,1-2H3. The molecule has 0 aromatic carbocycles. The molecule has 3 heteroatoms. The number of aliphatic hydroxyl groups is 1. The molecule has 96 valence electrons. The van der Waals surface area contributed by atoms with Gasteiger partial charge >= 0.3 is 0 Å². The van der Waals surface area contributed by atoms with Crippen LogP contribution in [0.2, 0.25) is 0 Å². The summed E-state index contributed by atoms with van der Waals surface area (Å²) < 4.78 is 5.79. The van der Waals surface area contributed by atoms with Gasteiger partial charge in [0.15, 0.2) is 0 Å². The van der Waals surface area contributed by atoms with Crippen molar-refractivity contribution in [2.45, 2.75) is 58.7 Å². The lowest BCUT2D eigenvalue weighted by atomic mass is 10.1. The predicted molar refractivity (Wildman–Crippen MR) is 69.0 cm³/mol. The minimum atomic E-state index is -0.0396. The second-order valence-corrected chi connectivity index (χ2v) is 4.42. The van der Waals surface area contributed by atoms with Gasteiger partial charge < -0.3 is 9.84 Å². The van der Waals surface area contributed by atoms with Gasteiger partial charge in [0.25, 0.3) is 0 Å². The quantitative estimate of drug-likeness (QED) is 0.705. The van der Waals surface area contributed by atoms with Crippen molar-refractivity contribution in [1.29, 1.82) is 0 Å². The van der Waals surface area contributed by atoms with Crippen molar-refractivity contribution >= 4 is 0 Å². The molecule has 0 saturated heterocycles. The molecule has 1 atom stereocenters. The maximum Gasteiger partial charge on any atom is 0.123 e. The first-order valence-corrected chi connectivity index (χ1v) is 6.48. The van der Waals surface area contributed by atoms with E-state index < -0.39 is 0 Å². The van der Waals surface area contributed by atoms with Gasteiger partial charge in [-0.05, 0) is 25.8 Å². The van der Waals surface area contributed by atoms with Crippen molar-refractivity contribution in [2.24, 2.45) is 0 Å². The number of nitrogens with zero attached hydrogens (tertiary/aromatic N) is 1. The smallest absolute Gasteiger partial charge is 0.123 e. The molecule has 1 unspecified atom stereocenters. The highest BCUT2D eigenvalue weighted by atomic mass is 16.5. The van der Waals surface area contributed by atoms with Crippen LogP contribution in [0.4, 0.5) is 0 Å². The summed E-state index contributed by atoms with van der Waals surface area (Å²) in [6, 6.07) is 3.63. The number of aliphatic hydroxyl groups excluding tert-OH is 1. The molecule has 1 N–H and O–H groups in total. The van der Waals surface area contributed by atoms with Gasteiger partial charge in [0.05, 0.1) is 18.4 Å². The number of hydrogen-bond donors (Lipinski definition) is 1. The van der Waals surface area contributed by atoms with Crippen molar-refractivity contribution in [3.05, 3.63) is 24.0 Å². The second kappa shape index (κ2) is 8.07. The average molecular weight is 237 g/mol. The predicted octanol–water partition coefficient (Wildman–Crippen LogP) is 3.31. The lowest BCUT2D eigenvalue weighted by molar-refractivity contribution is 0.205. The Labute approximate surface area is 104 Å². The Bertz CT molecular complexity index is 315. The van der Waals surface area contributed by atoms with Crippen LogP contribution in [0.5, 0.6) is 5.75 Å². The van der Waals surface area contributed by atoms with Gasteiger partial charge in [0.2, 0.25) is 0 Å². The molecule has 1 aromatic rings. The monoisotopic (exact) mass is 237 g/mol. The molecule has 1 aromatic heterocycles. The van der Waals surface area contributed by atoms with Gasteiger partial charge in [0.1, 0.15) is 5.75 Å². The van der Waals surface area contributed by atoms with E-state index in [9.17, 15) is 0 Å². The fourth-order valence-corrected chi connectivity index (χ4v) is 1.77. The second-order valence-electron chi connectivity index (χ2n) is 4.42. The van der Waals surface area contributed by atoms with Gasteiger partial charge in [-0.25, -0.2) is 0 Å². The number of rotatable bonds is 8. The summed E-state index contributed by atoms with van der Waals surface area (Å²) in [7, 11) is 0. The molecule has 0 aliphatic carbocycles. The number of pyridine rings is 1. The third kappa shape index (κ3) is 5.68. The lowest BCUT2D eigenvalue weighted by Crippen LogP contribution is -2.11. The molecule has 0 aliphatic heterocycles. The minimum absolute atomic E-state index is 0.0396. The molecule has 0 amide bonds. The summed E-state index contributed by atoms with van der Waals surface area (Å²) in [6.45, 7) is 4.26. The SMILES string of the molecule is CCCCCCC(C)Oc1ccnc(CO)c1. The van der Waals surface area contributed by atoms with Crippen molar-refractivity contribution in [2.75, 3.05) is 0 Å². The van der Waals surface area contributed by atoms with Gasteiger partial charge in [-0.2, -0.15) is 0 Å². The molecule has 17 heavy (non-hydrogen) atoms. The maximum absolute atomic E-state index is 8.98. The Morgan fingerprint density at radius 3 is 2.88 bits per heavy atom. The van der Waals surface area contributed by atoms with Crippen LogP contribution in [0.1, 0.15) is 51.6 Å². The molecule has 0 spiro atoms. The summed E-state index contributed by atoms with van der Waals surface area (Å²) in [4.78, 5) is 4.02. The van der Waals surface area contributed by atoms with Crippen molar-refractivity contribution in [3.8, 4) is 5.75 Å². The van der Waals surface area contributed by atoms with Crippen molar-refractivity contribution in [1.82, 2.24) is 4.98 Å². The fourth-order valence-electron chi connectivity index (χ4n) is 1.77. The maximum atomic E-state index is 8.98. The van der Waals surface area contributed by atoms with E-state index in [-0.39, 0.29) is 12.7 Å². The first-order chi connectivity index (χ1) is 8.26. The first kappa shape index (κ1) is 14.0. The molecule has 0 fully saturated rings. The van der Waals surface area contributed by atoms with Gasteiger partial charge in [0, 0.05) is 12.3 Å². The van der Waals surface area contributed by atoms with Gasteiger partial charge in [-0.1, -0.05) is 26.2 Å². The van der Waals surface area contributed by atoms with E-state index in [2.05, 4.69) is 18.8 Å². The van der Waals surface area contributed by atoms with E-state index in [1.54, 1.807) is 12.3 Å². The molecule has 0 saturated carbocycles. The Balaban J connectivity index is 2.31. The molecule has 0 aliphatic rings. The Morgan fingerprint density at radius 1 is 1.35 bits per heavy atom. The summed E-state index contributed by atoms with van der Waals surface area (Å²) >= 11 is 0. The van der Waals surface area contributed by atoms with Crippen LogP contribution in [-0.4, -0.2) is 16.2 Å². The molecular formula is C14H23NO2. The zero-order valence-electron chi connectivity index (χ0n) is 10.9. The van der Waals surface area contributed by atoms with E-state index in [0.29, 0.717) is 5.69 Å². The minimum Gasteiger partial charge on any atom is -0.491 e. The zero-order valence-corrected chi connectivity index (χ0v) is 10.9. The molecule has 1 heterocycles. The molecule has 0 radical (unpaired) electrons. The summed E-state index contributed by atoms with van der Waals surface area (Å²) in [5.74, 6) is 0.798.